The van der Waals surface area contributed by atoms with Crippen molar-refractivity contribution in [2.24, 2.45) is 5.92 Å². The highest BCUT2D eigenvalue weighted by molar-refractivity contribution is 5.80. The number of amides is 2. The summed E-state index contributed by atoms with van der Waals surface area (Å²) in [6, 6.07) is 16.0. The first-order valence-electron chi connectivity index (χ1n) is 11.3. The van der Waals surface area contributed by atoms with Gasteiger partial charge in [0.15, 0.2) is 6.10 Å². The molecule has 166 valence electrons. The van der Waals surface area contributed by atoms with Gasteiger partial charge in [0.1, 0.15) is 5.75 Å². The zero-order chi connectivity index (χ0) is 22.4. The molecule has 31 heavy (non-hydrogen) atoms. The molecular weight excluding hydrogens is 388 g/mol. The van der Waals surface area contributed by atoms with Crippen LogP contribution in [0, 0.1) is 5.92 Å². The Morgan fingerprint density at radius 1 is 1.13 bits per heavy atom. The summed E-state index contributed by atoms with van der Waals surface area (Å²) in [5, 5.41) is 2.94. The minimum atomic E-state index is -0.586. The maximum absolute atomic E-state index is 12.7. The number of ether oxygens (including phenoxy) is 1. The molecule has 1 heterocycles. The third-order valence-electron chi connectivity index (χ3n) is 5.79. The van der Waals surface area contributed by atoms with Crippen molar-refractivity contribution in [3.05, 3.63) is 65.2 Å². The van der Waals surface area contributed by atoms with Crippen molar-refractivity contribution in [2.45, 2.75) is 59.1 Å². The normalized spacial score (nSPS) is 16.5. The Labute approximate surface area is 185 Å². The summed E-state index contributed by atoms with van der Waals surface area (Å²) < 4.78 is 5.99. The summed E-state index contributed by atoms with van der Waals surface area (Å²) in [5.41, 5.74) is 3.38. The van der Waals surface area contributed by atoms with E-state index in [1.165, 1.54) is 5.56 Å². The zero-order valence-electron chi connectivity index (χ0n) is 19.1. The lowest BCUT2D eigenvalue weighted by molar-refractivity contribution is -0.133. The monoisotopic (exact) mass is 422 g/mol. The summed E-state index contributed by atoms with van der Waals surface area (Å²) in [6.45, 7) is 9.29. The highest BCUT2D eigenvalue weighted by Crippen LogP contribution is 2.37. The number of carbonyl (C=O) groups is 2. The van der Waals surface area contributed by atoms with E-state index in [9.17, 15) is 9.59 Å². The molecule has 2 aromatic carbocycles. The first-order chi connectivity index (χ1) is 14.9. The number of nitrogens with zero attached hydrogens (tertiary/aromatic N) is 1. The van der Waals surface area contributed by atoms with Crippen molar-refractivity contribution in [3.63, 3.8) is 0 Å². The lowest BCUT2D eigenvalue weighted by atomic mass is 9.87. The molecule has 1 aliphatic heterocycles. The summed E-state index contributed by atoms with van der Waals surface area (Å²) in [5.74, 6) is 1.22. The van der Waals surface area contributed by atoms with Crippen molar-refractivity contribution in [1.82, 2.24) is 10.2 Å². The van der Waals surface area contributed by atoms with Gasteiger partial charge in [0.2, 0.25) is 5.91 Å². The van der Waals surface area contributed by atoms with Gasteiger partial charge in [0.05, 0.1) is 6.04 Å². The van der Waals surface area contributed by atoms with E-state index in [1.807, 2.05) is 42.2 Å². The second-order valence-electron chi connectivity index (χ2n) is 8.60. The number of hydrogen-bond acceptors (Lipinski definition) is 3. The van der Waals surface area contributed by atoms with Gasteiger partial charge in [-0.15, -0.1) is 0 Å². The van der Waals surface area contributed by atoms with Crippen LogP contribution in [0.3, 0.4) is 0 Å². The fraction of sp³-hybridized carbons (Fsp3) is 0.462. The number of fused-ring (bicyclic) bond motifs is 1. The molecule has 0 aliphatic carbocycles. The maximum atomic E-state index is 12.7. The third kappa shape index (κ3) is 5.66. The van der Waals surface area contributed by atoms with Crippen LogP contribution in [0.5, 0.6) is 5.75 Å². The van der Waals surface area contributed by atoms with Crippen LogP contribution in [0.1, 0.15) is 63.3 Å². The molecule has 0 bridgehead atoms. The lowest BCUT2D eigenvalue weighted by Gasteiger charge is -2.38. The van der Waals surface area contributed by atoms with Crippen LogP contribution in [-0.2, 0) is 16.0 Å². The standard InChI is InChI=1S/C26H34N2O3/c1-5-24(29)28-16-14-20-11-12-22(31-19(4)26(30)27-15-13-18(2)3)17-23(20)25(28)21-9-7-6-8-10-21/h6-12,17-19,25H,5,13-16H2,1-4H3,(H,27,30). The molecule has 5 heteroatoms. The lowest BCUT2D eigenvalue weighted by Crippen LogP contribution is -2.40. The van der Waals surface area contributed by atoms with Gasteiger partial charge in [-0.2, -0.15) is 0 Å². The third-order valence-corrected chi connectivity index (χ3v) is 5.79. The molecule has 0 radical (unpaired) electrons. The van der Waals surface area contributed by atoms with E-state index >= 15 is 0 Å². The molecular formula is C26H34N2O3. The molecule has 0 saturated carbocycles. The molecule has 1 aliphatic rings. The van der Waals surface area contributed by atoms with E-state index in [-0.39, 0.29) is 17.9 Å². The largest absolute Gasteiger partial charge is 0.481 e. The van der Waals surface area contributed by atoms with Gasteiger partial charge in [-0.1, -0.05) is 57.2 Å². The molecule has 0 aromatic heterocycles. The first-order valence-corrected chi connectivity index (χ1v) is 11.3. The molecule has 5 nitrogen and oxygen atoms in total. The highest BCUT2D eigenvalue weighted by Gasteiger charge is 2.31. The Kier molecular flexibility index (Phi) is 7.72. The molecule has 1 N–H and O–H groups in total. The topological polar surface area (TPSA) is 58.6 Å². The minimum Gasteiger partial charge on any atom is -0.481 e. The Hall–Kier alpha value is -2.82. The van der Waals surface area contributed by atoms with Crippen molar-refractivity contribution in [1.29, 1.82) is 0 Å². The van der Waals surface area contributed by atoms with Crippen LogP contribution in [-0.4, -0.2) is 35.9 Å². The molecule has 0 fully saturated rings. The van der Waals surface area contributed by atoms with Gasteiger partial charge in [0, 0.05) is 19.5 Å². The molecule has 3 rings (SSSR count). The van der Waals surface area contributed by atoms with Crippen LogP contribution in [0.4, 0.5) is 0 Å². The second kappa shape index (κ2) is 10.5. The Morgan fingerprint density at radius 3 is 2.55 bits per heavy atom. The quantitative estimate of drug-likeness (QED) is 0.681. The number of hydrogen-bond donors (Lipinski definition) is 1. The highest BCUT2D eigenvalue weighted by atomic mass is 16.5. The van der Waals surface area contributed by atoms with E-state index in [2.05, 4.69) is 37.4 Å². The van der Waals surface area contributed by atoms with E-state index in [4.69, 9.17) is 4.74 Å². The molecule has 2 aromatic rings. The Bertz CT molecular complexity index is 895. The molecule has 2 unspecified atom stereocenters. The van der Waals surface area contributed by atoms with E-state index in [1.54, 1.807) is 6.92 Å². The van der Waals surface area contributed by atoms with Crippen LogP contribution in [0.25, 0.3) is 0 Å². The van der Waals surface area contributed by atoms with Gasteiger partial charge in [-0.3, -0.25) is 9.59 Å². The minimum absolute atomic E-state index is 0.110. The molecule has 2 atom stereocenters. The first kappa shape index (κ1) is 22.9. The van der Waals surface area contributed by atoms with Crippen molar-refractivity contribution in [2.75, 3.05) is 13.1 Å². The fourth-order valence-corrected chi connectivity index (χ4v) is 4.02. The number of nitrogens with one attached hydrogen (secondary N) is 1. The van der Waals surface area contributed by atoms with Crippen LogP contribution in [0.2, 0.25) is 0 Å². The smallest absolute Gasteiger partial charge is 0.260 e. The van der Waals surface area contributed by atoms with E-state index < -0.39 is 6.10 Å². The van der Waals surface area contributed by atoms with Crippen LogP contribution >= 0.6 is 0 Å². The van der Waals surface area contributed by atoms with Gasteiger partial charge >= 0.3 is 0 Å². The van der Waals surface area contributed by atoms with Gasteiger partial charge < -0.3 is 15.0 Å². The Morgan fingerprint density at radius 2 is 1.87 bits per heavy atom. The summed E-state index contributed by atoms with van der Waals surface area (Å²) in [7, 11) is 0. The van der Waals surface area contributed by atoms with Crippen LogP contribution in [0.15, 0.2) is 48.5 Å². The average Bonchev–Trinajstić information content (AvgIpc) is 2.77. The van der Waals surface area contributed by atoms with E-state index in [0.29, 0.717) is 31.2 Å². The van der Waals surface area contributed by atoms with E-state index in [0.717, 1.165) is 24.0 Å². The predicted molar refractivity (Wildman–Crippen MR) is 123 cm³/mol. The van der Waals surface area contributed by atoms with Gasteiger partial charge in [-0.05, 0) is 54.5 Å². The number of carbonyl (C=O) groups excluding carboxylic acids is 2. The maximum Gasteiger partial charge on any atom is 0.260 e. The number of rotatable bonds is 8. The van der Waals surface area contributed by atoms with Crippen LogP contribution < -0.4 is 10.1 Å². The van der Waals surface area contributed by atoms with Crippen molar-refractivity contribution < 1.29 is 14.3 Å². The van der Waals surface area contributed by atoms with Crippen molar-refractivity contribution in [3.8, 4) is 5.75 Å². The average molecular weight is 423 g/mol. The Balaban J connectivity index is 1.83. The number of benzene rings is 2. The summed E-state index contributed by atoms with van der Waals surface area (Å²) in [4.78, 5) is 27.1. The summed E-state index contributed by atoms with van der Waals surface area (Å²) >= 11 is 0. The van der Waals surface area contributed by atoms with Crippen molar-refractivity contribution >= 4 is 11.8 Å². The molecule has 0 spiro atoms. The molecule has 2 amide bonds. The predicted octanol–water partition coefficient (Wildman–Crippen LogP) is 4.50. The van der Waals surface area contributed by atoms with Gasteiger partial charge in [0.25, 0.3) is 5.91 Å². The summed E-state index contributed by atoms with van der Waals surface area (Å²) in [6.07, 6.45) is 1.65. The zero-order valence-corrected chi connectivity index (χ0v) is 19.1. The SMILES string of the molecule is CCC(=O)N1CCc2ccc(OC(C)C(=O)NCCC(C)C)cc2C1c1ccccc1. The fourth-order valence-electron chi connectivity index (χ4n) is 4.02. The second-order valence-corrected chi connectivity index (χ2v) is 8.60. The molecule has 0 saturated heterocycles. The van der Waals surface area contributed by atoms with Gasteiger partial charge in [-0.25, -0.2) is 0 Å².